The zero-order valence-electron chi connectivity index (χ0n) is 15.9. The second-order valence-corrected chi connectivity index (χ2v) is 7.47. The van der Waals surface area contributed by atoms with Crippen molar-refractivity contribution in [1.82, 2.24) is 15.2 Å². The van der Waals surface area contributed by atoms with E-state index in [2.05, 4.69) is 15.2 Å². The molecule has 1 aromatic heterocycles. The molecule has 2 aliphatic rings. The molecule has 0 aromatic carbocycles. The summed E-state index contributed by atoms with van der Waals surface area (Å²) in [5, 5.41) is 3.27. The third kappa shape index (κ3) is 5.17. The SMILES string of the molecule is COCCN1CCC(C(=O)NC2CCC(Oc3cccnc3C)CC2)C1. The summed E-state index contributed by atoms with van der Waals surface area (Å²) in [5.74, 6) is 1.22. The maximum atomic E-state index is 12.5. The van der Waals surface area contributed by atoms with Crippen LogP contribution in [0.25, 0.3) is 0 Å². The highest BCUT2D eigenvalue weighted by Gasteiger charge is 2.30. The number of ether oxygens (including phenoxy) is 2. The van der Waals surface area contributed by atoms with Gasteiger partial charge in [0.05, 0.1) is 24.3 Å². The van der Waals surface area contributed by atoms with E-state index in [0.717, 1.165) is 69.8 Å². The van der Waals surface area contributed by atoms with Crippen LogP contribution in [0.1, 0.15) is 37.8 Å². The van der Waals surface area contributed by atoms with Gasteiger partial charge >= 0.3 is 0 Å². The average molecular weight is 361 g/mol. The number of pyridine rings is 1. The van der Waals surface area contributed by atoms with Crippen molar-refractivity contribution in [2.75, 3.05) is 33.4 Å². The van der Waals surface area contributed by atoms with Crippen molar-refractivity contribution < 1.29 is 14.3 Å². The number of rotatable bonds is 7. The first-order valence-electron chi connectivity index (χ1n) is 9.75. The minimum Gasteiger partial charge on any atom is -0.489 e. The van der Waals surface area contributed by atoms with Gasteiger partial charge in [-0.25, -0.2) is 0 Å². The summed E-state index contributed by atoms with van der Waals surface area (Å²) in [6.45, 7) is 5.46. The summed E-state index contributed by atoms with van der Waals surface area (Å²) in [6, 6.07) is 4.17. The molecule has 1 saturated carbocycles. The van der Waals surface area contributed by atoms with Crippen LogP contribution in [0.4, 0.5) is 0 Å². The fourth-order valence-electron chi connectivity index (χ4n) is 3.89. The summed E-state index contributed by atoms with van der Waals surface area (Å²) in [4.78, 5) is 19.1. The Morgan fingerprint density at radius 3 is 2.85 bits per heavy atom. The first-order chi connectivity index (χ1) is 12.7. The van der Waals surface area contributed by atoms with Crippen molar-refractivity contribution in [3.63, 3.8) is 0 Å². The van der Waals surface area contributed by atoms with Gasteiger partial charge in [0.15, 0.2) is 0 Å². The fourth-order valence-corrected chi connectivity index (χ4v) is 3.89. The normalized spacial score (nSPS) is 26.6. The van der Waals surface area contributed by atoms with Crippen molar-refractivity contribution in [1.29, 1.82) is 0 Å². The number of methoxy groups -OCH3 is 1. The van der Waals surface area contributed by atoms with Gasteiger partial charge in [-0.1, -0.05) is 0 Å². The zero-order valence-corrected chi connectivity index (χ0v) is 15.9. The van der Waals surface area contributed by atoms with Crippen molar-refractivity contribution >= 4 is 5.91 Å². The molecule has 1 aliphatic carbocycles. The number of likely N-dealkylation sites (tertiary alicyclic amines) is 1. The van der Waals surface area contributed by atoms with Crippen LogP contribution in [0.15, 0.2) is 18.3 Å². The van der Waals surface area contributed by atoms with Gasteiger partial charge in [0.1, 0.15) is 5.75 Å². The molecular weight excluding hydrogens is 330 g/mol. The molecule has 144 valence electrons. The molecule has 3 rings (SSSR count). The Morgan fingerprint density at radius 2 is 2.12 bits per heavy atom. The number of amides is 1. The molecule has 2 heterocycles. The number of aromatic nitrogens is 1. The van der Waals surface area contributed by atoms with E-state index in [1.54, 1.807) is 13.3 Å². The lowest BCUT2D eigenvalue weighted by Crippen LogP contribution is -2.43. The average Bonchev–Trinajstić information content (AvgIpc) is 3.12. The summed E-state index contributed by atoms with van der Waals surface area (Å²) in [5.41, 5.74) is 0.933. The third-order valence-corrected chi connectivity index (χ3v) is 5.53. The summed E-state index contributed by atoms with van der Waals surface area (Å²) in [7, 11) is 1.72. The lowest BCUT2D eigenvalue weighted by atomic mass is 9.92. The van der Waals surface area contributed by atoms with Gasteiger partial charge < -0.3 is 19.7 Å². The van der Waals surface area contributed by atoms with Crippen LogP contribution in [0.2, 0.25) is 0 Å². The Bertz CT molecular complexity index is 587. The second-order valence-electron chi connectivity index (χ2n) is 7.47. The maximum Gasteiger partial charge on any atom is 0.224 e. The minimum atomic E-state index is 0.124. The molecule has 6 heteroatoms. The molecule has 1 aromatic rings. The van der Waals surface area contributed by atoms with Crippen molar-refractivity contribution in [2.24, 2.45) is 5.92 Å². The molecule has 1 amide bonds. The zero-order chi connectivity index (χ0) is 18.4. The van der Waals surface area contributed by atoms with Gasteiger partial charge in [-0.3, -0.25) is 9.78 Å². The van der Waals surface area contributed by atoms with Crippen LogP contribution < -0.4 is 10.1 Å². The smallest absolute Gasteiger partial charge is 0.224 e. The second kappa shape index (κ2) is 9.33. The van der Waals surface area contributed by atoms with E-state index in [0.29, 0.717) is 0 Å². The van der Waals surface area contributed by atoms with Gasteiger partial charge in [0.2, 0.25) is 5.91 Å². The minimum absolute atomic E-state index is 0.124. The summed E-state index contributed by atoms with van der Waals surface area (Å²) < 4.78 is 11.2. The largest absolute Gasteiger partial charge is 0.489 e. The number of carbonyl (C=O) groups excluding carboxylic acids is 1. The van der Waals surface area contributed by atoms with Crippen LogP contribution in [0.3, 0.4) is 0 Å². The Balaban J connectivity index is 1.39. The van der Waals surface area contributed by atoms with E-state index in [-0.39, 0.29) is 24.0 Å². The molecule has 26 heavy (non-hydrogen) atoms. The first kappa shape index (κ1) is 19.1. The number of hydrogen-bond acceptors (Lipinski definition) is 5. The molecule has 1 saturated heterocycles. The first-order valence-corrected chi connectivity index (χ1v) is 9.75. The highest BCUT2D eigenvalue weighted by atomic mass is 16.5. The van der Waals surface area contributed by atoms with E-state index < -0.39 is 0 Å². The van der Waals surface area contributed by atoms with E-state index in [4.69, 9.17) is 9.47 Å². The fraction of sp³-hybridized carbons (Fsp3) is 0.700. The van der Waals surface area contributed by atoms with Crippen LogP contribution in [-0.4, -0.2) is 61.3 Å². The van der Waals surface area contributed by atoms with Crippen molar-refractivity contribution in [3.05, 3.63) is 24.0 Å². The van der Waals surface area contributed by atoms with Crippen molar-refractivity contribution in [3.8, 4) is 5.75 Å². The van der Waals surface area contributed by atoms with Crippen LogP contribution in [0, 0.1) is 12.8 Å². The van der Waals surface area contributed by atoms with Gasteiger partial charge in [-0.2, -0.15) is 0 Å². The molecule has 0 radical (unpaired) electrons. The van der Waals surface area contributed by atoms with Gasteiger partial charge in [-0.05, 0) is 57.7 Å². The third-order valence-electron chi connectivity index (χ3n) is 5.53. The standard InChI is InChI=1S/C20H31N3O3/c1-15-19(4-3-10-21-15)26-18-7-5-17(6-8-18)22-20(24)16-9-11-23(14-16)12-13-25-2/h3-4,10,16-18H,5-9,11-14H2,1-2H3,(H,22,24). The molecule has 1 atom stereocenters. The summed E-state index contributed by atoms with van der Waals surface area (Å²) >= 11 is 0. The number of nitrogens with zero attached hydrogens (tertiary/aromatic N) is 2. The molecule has 1 N–H and O–H groups in total. The number of carbonyl (C=O) groups is 1. The lowest BCUT2D eigenvalue weighted by molar-refractivity contribution is -0.125. The molecule has 2 fully saturated rings. The predicted molar refractivity (Wildman–Crippen MR) is 100 cm³/mol. The molecule has 0 bridgehead atoms. The van der Waals surface area contributed by atoms with Crippen LogP contribution >= 0.6 is 0 Å². The van der Waals surface area contributed by atoms with Gasteiger partial charge in [0, 0.05) is 32.4 Å². The van der Waals surface area contributed by atoms with E-state index in [1.807, 2.05) is 19.1 Å². The van der Waals surface area contributed by atoms with Crippen LogP contribution in [0.5, 0.6) is 5.75 Å². The highest BCUT2D eigenvalue weighted by molar-refractivity contribution is 5.79. The summed E-state index contributed by atoms with van der Waals surface area (Å²) in [6.07, 6.45) is 6.88. The van der Waals surface area contributed by atoms with E-state index in [9.17, 15) is 4.79 Å². The van der Waals surface area contributed by atoms with Crippen LogP contribution in [-0.2, 0) is 9.53 Å². The monoisotopic (exact) mass is 361 g/mol. The predicted octanol–water partition coefficient (Wildman–Crippen LogP) is 2.16. The lowest BCUT2D eigenvalue weighted by Gasteiger charge is -2.30. The Morgan fingerprint density at radius 1 is 1.31 bits per heavy atom. The molecule has 1 aliphatic heterocycles. The van der Waals surface area contributed by atoms with Gasteiger partial charge in [-0.15, -0.1) is 0 Å². The molecule has 1 unspecified atom stereocenters. The van der Waals surface area contributed by atoms with Crippen molar-refractivity contribution in [2.45, 2.75) is 51.2 Å². The highest BCUT2D eigenvalue weighted by Crippen LogP contribution is 2.26. The quantitative estimate of drug-likeness (QED) is 0.806. The Hall–Kier alpha value is -1.66. The molecular formula is C20H31N3O3. The van der Waals surface area contributed by atoms with E-state index >= 15 is 0 Å². The number of nitrogens with one attached hydrogen (secondary N) is 1. The molecule has 6 nitrogen and oxygen atoms in total. The Kier molecular flexibility index (Phi) is 6.86. The molecule has 0 spiro atoms. The van der Waals surface area contributed by atoms with Gasteiger partial charge in [0.25, 0.3) is 0 Å². The Labute approximate surface area is 156 Å². The topological polar surface area (TPSA) is 63.7 Å². The number of hydrogen-bond donors (Lipinski definition) is 1. The maximum absolute atomic E-state index is 12.5. The van der Waals surface area contributed by atoms with E-state index in [1.165, 1.54) is 0 Å². The number of aryl methyl sites for hydroxylation is 1.